The molecule has 0 fully saturated rings. The summed E-state index contributed by atoms with van der Waals surface area (Å²) in [7, 11) is 1.92. The van der Waals surface area contributed by atoms with E-state index in [4.69, 9.17) is 16.3 Å². The second-order valence-electron chi connectivity index (χ2n) is 3.83. The van der Waals surface area contributed by atoms with E-state index in [9.17, 15) is 0 Å². The Hall–Kier alpha value is -1.03. The van der Waals surface area contributed by atoms with Crippen LogP contribution in [0.5, 0.6) is 11.5 Å². The predicted octanol–water partition coefficient (Wildman–Crippen LogP) is 4.61. The number of hydrogen-bond acceptors (Lipinski definition) is 2. The maximum absolute atomic E-state index is 6.06. The Labute approximate surface area is 120 Å². The fourth-order valence-corrected chi connectivity index (χ4v) is 2.27. The molecule has 18 heavy (non-hydrogen) atoms. The Bertz CT molecular complexity index is 545. The van der Waals surface area contributed by atoms with Crippen LogP contribution in [-0.4, -0.2) is 7.05 Å². The number of nitrogens with one attached hydrogen (secondary N) is 1. The quantitative estimate of drug-likeness (QED) is 0.885. The van der Waals surface area contributed by atoms with Gasteiger partial charge in [-0.15, -0.1) is 0 Å². The monoisotopic (exact) mass is 325 g/mol. The molecule has 2 aromatic rings. The summed E-state index contributed by atoms with van der Waals surface area (Å²) in [6.07, 6.45) is 0. The highest BCUT2D eigenvalue weighted by Crippen LogP contribution is 2.33. The van der Waals surface area contributed by atoms with Crippen molar-refractivity contribution in [1.82, 2.24) is 5.32 Å². The van der Waals surface area contributed by atoms with Crippen molar-refractivity contribution in [2.75, 3.05) is 7.05 Å². The van der Waals surface area contributed by atoms with Gasteiger partial charge in [0.05, 0.1) is 9.50 Å². The molecule has 0 heterocycles. The third kappa shape index (κ3) is 3.25. The van der Waals surface area contributed by atoms with E-state index in [1.807, 2.05) is 43.4 Å². The summed E-state index contributed by atoms with van der Waals surface area (Å²) in [4.78, 5) is 0. The second-order valence-corrected chi connectivity index (χ2v) is 5.09. The van der Waals surface area contributed by atoms with E-state index in [-0.39, 0.29) is 0 Å². The van der Waals surface area contributed by atoms with Crippen LogP contribution in [-0.2, 0) is 6.54 Å². The zero-order valence-electron chi connectivity index (χ0n) is 9.91. The first kappa shape index (κ1) is 13.4. The van der Waals surface area contributed by atoms with Crippen LogP contribution in [0.4, 0.5) is 0 Å². The van der Waals surface area contributed by atoms with Gasteiger partial charge in [-0.2, -0.15) is 0 Å². The molecule has 0 aromatic heterocycles. The van der Waals surface area contributed by atoms with Gasteiger partial charge in [0.1, 0.15) is 11.5 Å². The summed E-state index contributed by atoms with van der Waals surface area (Å²) in [5.74, 6) is 1.41. The molecule has 1 N–H and O–H groups in total. The first-order valence-corrected chi connectivity index (χ1v) is 6.73. The Morgan fingerprint density at radius 3 is 2.61 bits per heavy atom. The molecule has 2 nitrogen and oxygen atoms in total. The molecule has 0 atom stereocenters. The van der Waals surface area contributed by atoms with E-state index >= 15 is 0 Å². The average Bonchev–Trinajstić information content (AvgIpc) is 2.35. The highest BCUT2D eigenvalue weighted by molar-refractivity contribution is 9.10. The molecule has 0 saturated carbocycles. The van der Waals surface area contributed by atoms with Crippen LogP contribution in [0.25, 0.3) is 0 Å². The minimum absolute atomic E-state index is 0.601. The van der Waals surface area contributed by atoms with Gasteiger partial charge in [0, 0.05) is 6.54 Å². The maximum atomic E-state index is 6.06. The Balaban J connectivity index is 2.22. The number of halogens is 2. The summed E-state index contributed by atoms with van der Waals surface area (Å²) >= 11 is 9.56. The molecule has 0 spiro atoms. The fraction of sp³-hybridized carbons (Fsp3) is 0.143. The van der Waals surface area contributed by atoms with Crippen molar-refractivity contribution in [2.24, 2.45) is 0 Å². The van der Waals surface area contributed by atoms with Crippen LogP contribution in [0.3, 0.4) is 0 Å². The van der Waals surface area contributed by atoms with E-state index in [1.165, 1.54) is 5.56 Å². The van der Waals surface area contributed by atoms with Crippen LogP contribution in [0, 0.1) is 0 Å². The first-order valence-electron chi connectivity index (χ1n) is 5.56. The Morgan fingerprint density at radius 1 is 1.17 bits per heavy atom. The minimum Gasteiger partial charge on any atom is -0.455 e. The van der Waals surface area contributed by atoms with Gasteiger partial charge < -0.3 is 10.1 Å². The fourth-order valence-electron chi connectivity index (χ4n) is 1.59. The average molecular weight is 327 g/mol. The van der Waals surface area contributed by atoms with Gasteiger partial charge in [-0.05, 0) is 52.8 Å². The van der Waals surface area contributed by atoms with E-state index in [0.717, 1.165) is 16.8 Å². The van der Waals surface area contributed by atoms with Crippen LogP contribution >= 0.6 is 27.5 Å². The molecule has 0 aliphatic rings. The molecule has 0 amide bonds. The van der Waals surface area contributed by atoms with E-state index in [1.54, 1.807) is 6.07 Å². The second kappa shape index (κ2) is 6.23. The smallest absolute Gasteiger partial charge is 0.146 e. The number of benzene rings is 2. The van der Waals surface area contributed by atoms with Gasteiger partial charge in [-0.1, -0.05) is 29.8 Å². The summed E-state index contributed by atoms with van der Waals surface area (Å²) in [6, 6.07) is 13.4. The molecule has 94 valence electrons. The van der Waals surface area contributed by atoms with Crippen LogP contribution in [0.2, 0.25) is 5.02 Å². The van der Waals surface area contributed by atoms with E-state index in [2.05, 4.69) is 21.2 Å². The maximum Gasteiger partial charge on any atom is 0.146 e. The summed E-state index contributed by atoms with van der Waals surface area (Å²) in [6.45, 7) is 0.824. The summed E-state index contributed by atoms with van der Waals surface area (Å²) in [5.41, 5.74) is 1.19. The van der Waals surface area contributed by atoms with Crippen molar-refractivity contribution < 1.29 is 4.74 Å². The van der Waals surface area contributed by atoms with Crippen molar-refractivity contribution in [1.29, 1.82) is 0 Å². The SMILES string of the molecule is CNCc1ccc(Oc2ccccc2Cl)c(Br)c1. The number of hydrogen-bond donors (Lipinski definition) is 1. The molecule has 0 saturated heterocycles. The summed E-state index contributed by atoms with van der Waals surface area (Å²) in [5, 5.41) is 3.71. The predicted molar refractivity (Wildman–Crippen MR) is 78.4 cm³/mol. The van der Waals surface area contributed by atoms with Crippen LogP contribution < -0.4 is 10.1 Å². The highest BCUT2D eigenvalue weighted by Gasteiger charge is 2.06. The molecule has 0 aliphatic carbocycles. The highest BCUT2D eigenvalue weighted by atomic mass is 79.9. The van der Waals surface area contributed by atoms with Gasteiger partial charge in [0.2, 0.25) is 0 Å². The lowest BCUT2D eigenvalue weighted by Gasteiger charge is -2.10. The first-order chi connectivity index (χ1) is 8.70. The van der Waals surface area contributed by atoms with Gasteiger partial charge >= 0.3 is 0 Å². The van der Waals surface area contributed by atoms with Crippen LogP contribution in [0.1, 0.15) is 5.56 Å². The third-order valence-corrected chi connectivity index (χ3v) is 3.37. The minimum atomic E-state index is 0.601. The number of rotatable bonds is 4. The molecule has 0 bridgehead atoms. The van der Waals surface area contributed by atoms with Crippen molar-refractivity contribution in [3.63, 3.8) is 0 Å². The van der Waals surface area contributed by atoms with Gasteiger partial charge in [0.15, 0.2) is 0 Å². The summed E-state index contributed by atoms with van der Waals surface area (Å²) < 4.78 is 6.69. The normalized spacial score (nSPS) is 10.4. The van der Waals surface area contributed by atoms with Gasteiger partial charge in [0.25, 0.3) is 0 Å². The number of para-hydroxylation sites is 1. The van der Waals surface area contributed by atoms with E-state index < -0.39 is 0 Å². The standard InChI is InChI=1S/C14H13BrClNO/c1-17-9-10-6-7-13(11(15)8-10)18-14-5-3-2-4-12(14)16/h2-8,17H,9H2,1H3. The molecule has 0 radical (unpaired) electrons. The largest absolute Gasteiger partial charge is 0.455 e. The Morgan fingerprint density at radius 2 is 1.94 bits per heavy atom. The molecule has 0 aliphatic heterocycles. The third-order valence-electron chi connectivity index (χ3n) is 2.43. The zero-order chi connectivity index (χ0) is 13.0. The van der Waals surface area contributed by atoms with Crippen molar-refractivity contribution >= 4 is 27.5 Å². The molecule has 0 unspecified atom stereocenters. The lowest BCUT2D eigenvalue weighted by molar-refractivity contribution is 0.479. The molecule has 4 heteroatoms. The van der Waals surface area contributed by atoms with Gasteiger partial charge in [-0.3, -0.25) is 0 Å². The lowest BCUT2D eigenvalue weighted by atomic mass is 10.2. The molecule has 2 rings (SSSR count). The molecular weight excluding hydrogens is 314 g/mol. The van der Waals surface area contributed by atoms with Crippen molar-refractivity contribution in [3.05, 3.63) is 57.5 Å². The molecular formula is C14H13BrClNO. The topological polar surface area (TPSA) is 21.3 Å². The lowest BCUT2D eigenvalue weighted by Crippen LogP contribution is -2.04. The number of ether oxygens (including phenoxy) is 1. The Kier molecular flexibility index (Phi) is 4.64. The van der Waals surface area contributed by atoms with Crippen molar-refractivity contribution in [3.8, 4) is 11.5 Å². The van der Waals surface area contributed by atoms with Crippen molar-refractivity contribution in [2.45, 2.75) is 6.54 Å². The van der Waals surface area contributed by atoms with Gasteiger partial charge in [-0.25, -0.2) is 0 Å². The van der Waals surface area contributed by atoms with Crippen LogP contribution in [0.15, 0.2) is 46.9 Å². The molecule has 2 aromatic carbocycles. The zero-order valence-corrected chi connectivity index (χ0v) is 12.3. The van der Waals surface area contributed by atoms with E-state index in [0.29, 0.717) is 10.8 Å².